The van der Waals surface area contributed by atoms with Gasteiger partial charge in [0.15, 0.2) is 0 Å². The summed E-state index contributed by atoms with van der Waals surface area (Å²) in [5.74, 6) is -2.42. The number of carbonyl (C=O) groups excluding carboxylic acids is 5. The molecule has 1 heterocycles. The summed E-state index contributed by atoms with van der Waals surface area (Å²) < 4.78 is 0. The quantitative estimate of drug-likeness (QED) is 0.302. The number of ketones is 1. The van der Waals surface area contributed by atoms with Crippen LogP contribution in [0.15, 0.2) is 0 Å². The maximum Gasteiger partial charge on any atom is 0.315 e. The lowest BCUT2D eigenvalue weighted by Gasteiger charge is -2.39. The summed E-state index contributed by atoms with van der Waals surface area (Å²) in [5.41, 5.74) is 4.38. The lowest BCUT2D eigenvalue weighted by atomic mass is 9.80. The Kier molecular flexibility index (Phi) is 10.3. The monoisotopic (exact) mass is 561 g/mol. The largest absolute Gasteiger partial charge is 0.363 e. The molecule has 4 atom stereocenters. The fourth-order valence-electron chi connectivity index (χ4n) is 6.53. The molecule has 0 aromatic heterocycles. The van der Waals surface area contributed by atoms with E-state index in [0.29, 0.717) is 19.4 Å². The van der Waals surface area contributed by atoms with E-state index in [2.05, 4.69) is 16.0 Å². The predicted molar refractivity (Wildman–Crippen MR) is 153 cm³/mol. The van der Waals surface area contributed by atoms with Crippen LogP contribution in [0.4, 0.5) is 4.79 Å². The van der Waals surface area contributed by atoms with Crippen LogP contribution in [-0.2, 0) is 19.2 Å². The Morgan fingerprint density at radius 2 is 1.57 bits per heavy atom. The lowest BCUT2D eigenvalue weighted by Crippen LogP contribution is -2.62. The third-order valence-corrected chi connectivity index (χ3v) is 9.28. The number of amides is 5. The van der Waals surface area contributed by atoms with Crippen LogP contribution in [0.2, 0.25) is 0 Å². The number of rotatable bonds is 10. The van der Waals surface area contributed by atoms with Crippen molar-refractivity contribution in [2.24, 2.45) is 28.9 Å². The van der Waals surface area contributed by atoms with Crippen LogP contribution in [0.25, 0.3) is 0 Å². The molecule has 0 radical (unpaired) electrons. The molecular weight excluding hydrogens is 510 g/mol. The highest BCUT2D eigenvalue weighted by atomic mass is 16.2. The summed E-state index contributed by atoms with van der Waals surface area (Å²) in [4.78, 5) is 67.0. The third kappa shape index (κ3) is 7.75. The first-order chi connectivity index (χ1) is 18.6. The van der Waals surface area contributed by atoms with Crippen molar-refractivity contribution < 1.29 is 24.0 Å². The normalized spacial score (nSPS) is 24.5. The van der Waals surface area contributed by atoms with Gasteiger partial charge in [0.2, 0.25) is 17.6 Å². The van der Waals surface area contributed by atoms with Gasteiger partial charge in [0.25, 0.3) is 5.91 Å². The molecule has 2 saturated carbocycles. The molecule has 0 bridgehead atoms. The number of hydrogen-bond acceptors (Lipinski definition) is 5. The number of primary amides is 1. The van der Waals surface area contributed by atoms with Crippen molar-refractivity contribution in [2.45, 2.75) is 129 Å². The molecule has 0 spiro atoms. The average molecular weight is 562 g/mol. The number of nitrogens with two attached hydrogens (primary N) is 1. The van der Waals surface area contributed by atoms with Crippen molar-refractivity contribution in [1.82, 2.24) is 20.9 Å². The summed E-state index contributed by atoms with van der Waals surface area (Å²) in [7, 11) is 0. The number of likely N-dealkylation sites (tertiary alicyclic amines) is 1. The molecule has 1 saturated heterocycles. The van der Waals surface area contributed by atoms with Crippen LogP contribution in [0.3, 0.4) is 0 Å². The van der Waals surface area contributed by atoms with Gasteiger partial charge in [-0.15, -0.1) is 0 Å². The van der Waals surface area contributed by atoms with Crippen molar-refractivity contribution >= 4 is 29.5 Å². The number of urea groups is 1. The molecule has 2 aliphatic carbocycles. The zero-order valence-corrected chi connectivity index (χ0v) is 25.3. The van der Waals surface area contributed by atoms with Crippen LogP contribution in [0.5, 0.6) is 0 Å². The standard InChI is InChI=1S/C30H51N5O5/c1-18(2)20-13-16-35(22(20)26(38)32-21(23(36)25(31)37)17-19-11-10-12-19)27(39)24(29(3,4)5)33-28(40)34-30(6)14-8-7-9-15-30/h18-22,24H,7-17H2,1-6H3,(H2,31,37)(H,32,38)(H2,33,34,40)/t20-,21?,22?,24+/m0/s1. The second-order valence-corrected chi connectivity index (χ2v) is 14.0. The van der Waals surface area contributed by atoms with Crippen LogP contribution >= 0.6 is 0 Å². The van der Waals surface area contributed by atoms with Gasteiger partial charge in [0.1, 0.15) is 12.1 Å². The molecule has 10 nitrogen and oxygen atoms in total. The molecule has 3 aliphatic rings. The minimum Gasteiger partial charge on any atom is -0.363 e. The third-order valence-electron chi connectivity index (χ3n) is 9.28. The van der Waals surface area contributed by atoms with Crippen molar-refractivity contribution in [3.8, 4) is 0 Å². The van der Waals surface area contributed by atoms with Gasteiger partial charge in [-0.2, -0.15) is 0 Å². The maximum atomic E-state index is 14.1. The summed E-state index contributed by atoms with van der Waals surface area (Å²) in [6.45, 7) is 12.1. The van der Waals surface area contributed by atoms with E-state index < -0.39 is 41.1 Å². The van der Waals surface area contributed by atoms with E-state index in [1.165, 1.54) is 0 Å². The molecule has 0 aromatic rings. The molecule has 1 aliphatic heterocycles. The van der Waals surface area contributed by atoms with Gasteiger partial charge in [-0.05, 0) is 55.8 Å². The van der Waals surface area contributed by atoms with Gasteiger partial charge >= 0.3 is 6.03 Å². The fraction of sp³-hybridized carbons (Fsp3) is 0.833. The van der Waals surface area contributed by atoms with Crippen molar-refractivity contribution in [2.75, 3.05) is 6.54 Å². The first kappa shape index (κ1) is 31.9. The number of nitrogens with one attached hydrogen (secondary N) is 3. The molecule has 2 unspecified atom stereocenters. The summed E-state index contributed by atoms with van der Waals surface area (Å²) >= 11 is 0. The molecule has 0 aromatic carbocycles. The average Bonchev–Trinajstić information content (AvgIpc) is 3.28. The van der Waals surface area contributed by atoms with E-state index >= 15 is 0 Å². The van der Waals surface area contributed by atoms with Gasteiger partial charge in [0, 0.05) is 12.1 Å². The van der Waals surface area contributed by atoms with E-state index in [9.17, 15) is 24.0 Å². The summed E-state index contributed by atoms with van der Waals surface area (Å²) in [6.07, 6.45) is 9.00. The Bertz CT molecular complexity index is 964. The highest BCUT2D eigenvalue weighted by molar-refractivity contribution is 6.37. The highest BCUT2D eigenvalue weighted by Crippen LogP contribution is 2.35. The first-order valence-electron chi connectivity index (χ1n) is 15.2. The Morgan fingerprint density at radius 1 is 0.950 bits per heavy atom. The molecule has 3 rings (SSSR count). The van der Waals surface area contributed by atoms with Gasteiger partial charge < -0.3 is 26.6 Å². The van der Waals surface area contributed by atoms with Crippen molar-refractivity contribution in [3.05, 3.63) is 0 Å². The van der Waals surface area contributed by atoms with Crippen LogP contribution in [0, 0.1) is 23.2 Å². The minimum atomic E-state index is -1.07. The Balaban J connectivity index is 1.81. The number of Topliss-reactive ketones (excluding diaryl/α,β-unsaturated/α-hetero) is 1. The number of nitrogens with zero attached hydrogens (tertiary/aromatic N) is 1. The van der Waals surface area contributed by atoms with Crippen LogP contribution in [-0.4, -0.2) is 64.6 Å². The topological polar surface area (TPSA) is 151 Å². The van der Waals surface area contributed by atoms with E-state index in [4.69, 9.17) is 5.73 Å². The second kappa shape index (κ2) is 12.9. The van der Waals surface area contributed by atoms with Crippen LogP contribution in [0.1, 0.15) is 106 Å². The Labute approximate surface area is 239 Å². The van der Waals surface area contributed by atoms with Gasteiger partial charge in [-0.3, -0.25) is 19.2 Å². The van der Waals surface area contributed by atoms with Gasteiger partial charge in [-0.25, -0.2) is 4.79 Å². The first-order valence-corrected chi connectivity index (χ1v) is 15.2. The van der Waals surface area contributed by atoms with E-state index in [-0.39, 0.29) is 35.2 Å². The Morgan fingerprint density at radius 3 is 2.08 bits per heavy atom. The van der Waals surface area contributed by atoms with Gasteiger partial charge in [-0.1, -0.05) is 73.1 Å². The molecule has 5 N–H and O–H groups in total. The highest BCUT2D eigenvalue weighted by Gasteiger charge is 2.48. The number of carbonyl (C=O) groups is 5. The van der Waals surface area contributed by atoms with Crippen molar-refractivity contribution in [3.63, 3.8) is 0 Å². The molecule has 10 heteroatoms. The Hall–Kier alpha value is -2.65. The molecule has 5 amide bonds. The minimum absolute atomic E-state index is 0.0982. The second-order valence-electron chi connectivity index (χ2n) is 14.0. The SMILES string of the molecule is CC(C)[C@@H]1CCN(C(=O)[C@@H](NC(=O)NC2(C)CCCCC2)C(C)(C)C)C1C(=O)NC(CC1CCC1)C(=O)C(N)=O. The zero-order valence-electron chi connectivity index (χ0n) is 25.3. The summed E-state index contributed by atoms with van der Waals surface area (Å²) in [6, 6.07) is -3.06. The molecule has 226 valence electrons. The smallest absolute Gasteiger partial charge is 0.315 e. The van der Waals surface area contributed by atoms with Gasteiger partial charge in [0.05, 0.1) is 6.04 Å². The zero-order chi connectivity index (χ0) is 29.8. The number of hydrogen-bond donors (Lipinski definition) is 4. The van der Waals surface area contributed by atoms with E-state index in [1.54, 1.807) is 4.90 Å². The summed E-state index contributed by atoms with van der Waals surface area (Å²) in [5, 5.41) is 8.84. The fourth-order valence-corrected chi connectivity index (χ4v) is 6.53. The molecule has 40 heavy (non-hydrogen) atoms. The molecular formula is C30H51N5O5. The van der Waals surface area contributed by atoms with E-state index in [1.807, 2.05) is 41.5 Å². The van der Waals surface area contributed by atoms with E-state index in [0.717, 1.165) is 51.4 Å². The maximum absolute atomic E-state index is 14.1. The predicted octanol–water partition coefficient (Wildman–Crippen LogP) is 3.03. The lowest BCUT2D eigenvalue weighted by molar-refractivity contribution is -0.144. The van der Waals surface area contributed by atoms with Crippen LogP contribution < -0.4 is 21.7 Å². The molecule has 3 fully saturated rings. The van der Waals surface area contributed by atoms with Crippen molar-refractivity contribution in [1.29, 1.82) is 0 Å².